The van der Waals surface area contributed by atoms with Gasteiger partial charge in [0, 0.05) is 18.2 Å². The lowest BCUT2D eigenvalue weighted by Gasteiger charge is -2.36. The highest BCUT2D eigenvalue weighted by atomic mass is 19.1. The Hall–Kier alpha value is -1.62. The molecule has 0 radical (unpaired) electrons. The van der Waals surface area contributed by atoms with Crippen LogP contribution in [-0.4, -0.2) is 35.7 Å². The number of benzene rings is 1. The van der Waals surface area contributed by atoms with Gasteiger partial charge in [-0.3, -0.25) is 9.69 Å². The van der Waals surface area contributed by atoms with Crippen LogP contribution in [-0.2, 0) is 11.3 Å². The van der Waals surface area contributed by atoms with E-state index in [1.807, 2.05) is 4.90 Å². The lowest BCUT2D eigenvalue weighted by molar-refractivity contribution is -0.145. The van der Waals surface area contributed by atoms with Crippen LogP contribution >= 0.6 is 0 Å². The Bertz CT molecular complexity index is 492. The van der Waals surface area contributed by atoms with Crippen LogP contribution in [0, 0.1) is 11.7 Å². The molecule has 0 amide bonds. The molecule has 1 aliphatic rings. The fourth-order valence-corrected chi connectivity index (χ4v) is 2.64. The van der Waals surface area contributed by atoms with Crippen molar-refractivity contribution >= 4 is 5.97 Å². The zero-order chi connectivity index (χ0) is 14.7. The van der Waals surface area contributed by atoms with E-state index in [0.717, 1.165) is 6.42 Å². The van der Waals surface area contributed by atoms with Crippen molar-refractivity contribution in [2.24, 2.45) is 5.92 Å². The molecule has 2 rings (SSSR count). The number of rotatable bonds is 4. The van der Waals surface area contributed by atoms with Gasteiger partial charge in [-0.15, -0.1) is 0 Å². The Morgan fingerprint density at radius 1 is 1.55 bits per heavy atom. The number of nitrogens with zero attached hydrogens (tertiary/aromatic N) is 1. The van der Waals surface area contributed by atoms with E-state index in [1.54, 1.807) is 12.1 Å². The highest BCUT2D eigenvalue weighted by Crippen LogP contribution is 2.26. The second kappa shape index (κ2) is 6.22. The van der Waals surface area contributed by atoms with Crippen LogP contribution in [0.15, 0.2) is 18.2 Å². The van der Waals surface area contributed by atoms with E-state index in [0.29, 0.717) is 36.7 Å². The molecule has 1 aliphatic heterocycles. The molecule has 0 aromatic heterocycles. The van der Waals surface area contributed by atoms with Gasteiger partial charge in [-0.25, -0.2) is 4.39 Å². The van der Waals surface area contributed by atoms with Crippen molar-refractivity contribution in [3.8, 4) is 5.75 Å². The fraction of sp³-hybridized carbons (Fsp3) is 0.533. The molecule has 1 heterocycles. The lowest BCUT2D eigenvalue weighted by atomic mass is 9.92. The smallest absolute Gasteiger partial charge is 0.320 e. The van der Waals surface area contributed by atoms with Crippen molar-refractivity contribution < 1.29 is 19.0 Å². The molecule has 2 unspecified atom stereocenters. The van der Waals surface area contributed by atoms with E-state index in [-0.39, 0.29) is 5.82 Å². The quantitative estimate of drug-likeness (QED) is 0.921. The van der Waals surface area contributed by atoms with Gasteiger partial charge in [-0.05, 0) is 31.4 Å². The SMILES string of the molecule is COc1ccc(CN2CCC(C)CC2C(=O)O)c(F)c1. The number of carboxylic acids is 1. The maximum absolute atomic E-state index is 13.9. The molecular formula is C15H20FNO3. The van der Waals surface area contributed by atoms with Crippen molar-refractivity contribution in [1.82, 2.24) is 4.90 Å². The van der Waals surface area contributed by atoms with Gasteiger partial charge in [0.2, 0.25) is 0 Å². The summed E-state index contributed by atoms with van der Waals surface area (Å²) in [5, 5.41) is 9.30. The first-order chi connectivity index (χ1) is 9.51. The molecule has 1 aromatic rings. The summed E-state index contributed by atoms with van der Waals surface area (Å²) in [6.45, 7) is 3.06. The standard InChI is InChI=1S/C15H20FNO3/c1-10-5-6-17(14(7-10)15(18)19)9-11-3-4-12(20-2)8-13(11)16/h3-4,8,10,14H,5-7,9H2,1-2H3,(H,18,19). The van der Waals surface area contributed by atoms with Crippen LogP contribution in [0.5, 0.6) is 5.75 Å². The lowest BCUT2D eigenvalue weighted by Crippen LogP contribution is -2.46. The molecule has 1 aromatic carbocycles. The number of carbonyl (C=O) groups is 1. The second-order valence-corrected chi connectivity index (χ2v) is 5.41. The van der Waals surface area contributed by atoms with Crippen LogP contribution in [0.2, 0.25) is 0 Å². The van der Waals surface area contributed by atoms with Gasteiger partial charge in [-0.2, -0.15) is 0 Å². The van der Waals surface area contributed by atoms with Crippen LogP contribution in [0.3, 0.4) is 0 Å². The molecule has 1 saturated heterocycles. The van der Waals surface area contributed by atoms with Crippen LogP contribution < -0.4 is 4.74 Å². The predicted octanol–water partition coefficient (Wildman–Crippen LogP) is 2.52. The average molecular weight is 281 g/mol. The number of carboxylic acid groups (broad SMARTS) is 1. The van der Waals surface area contributed by atoms with Crippen molar-refractivity contribution in [2.75, 3.05) is 13.7 Å². The van der Waals surface area contributed by atoms with Crippen molar-refractivity contribution in [3.05, 3.63) is 29.6 Å². The third-order valence-corrected chi connectivity index (χ3v) is 3.89. The van der Waals surface area contributed by atoms with E-state index in [2.05, 4.69) is 6.92 Å². The van der Waals surface area contributed by atoms with Crippen LogP contribution in [0.4, 0.5) is 4.39 Å². The van der Waals surface area contributed by atoms with Gasteiger partial charge >= 0.3 is 5.97 Å². The zero-order valence-corrected chi connectivity index (χ0v) is 11.8. The molecule has 0 bridgehead atoms. The van der Waals surface area contributed by atoms with Crippen LogP contribution in [0.1, 0.15) is 25.3 Å². The maximum Gasteiger partial charge on any atom is 0.320 e. The molecule has 110 valence electrons. The Kier molecular flexibility index (Phi) is 4.60. The molecule has 0 aliphatic carbocycles. The van der Waals surface area contributed by atoms with Crippen molar-refractivity contribution in [2.45, 2.75) is 32.4 Å². The Morgan fingerprint density at radius 3 is 2.90 bits per heavy atom. The maximum atomic E-state index is 13.9. The van der Waals surface area contributed by atoms with Crippen LogP contribution in [0.25, 0.3) is 0 Å². The number of aliphatic carboxylic acids is 1. The molecule has 0 spiro atoms. The number of ether oxygens (including phenoxy) is 1. The van der Waals surface area contributed by atoms with E-state index in [9.17, 15) is 14.3 Å². The first-order valence-corrected chi connectivity index (χ1v) is 6.80. The minimum absolute atomic E-state index is 0.319. The largest absolute Gasteiger partial charge is 0.497 e. The number of likely N-dealkylation sites (tertiary alicyclic amines) is 1. The Morgan fingerprint density at radius 2 is 2.30 bits per heavy atom. The minimum atomic E-state index is -0.828. The molecule has 0 saturated carbocycles. The van der Waals surface area contributed by atoms with Gasteiger partial charge in [0.25, 0.3) is 0 Å². The molecule has 1 N–H and O–H groups in total. The summed E-state index contributed by atoms with van der Waals surface area (Å²) < 4.78 is 18.9. The highest BCUT2D eigenvalue weighted by Gasteiger charge is 2.31. The first-order valence-electron chi connectivity index (χ1n) is 6.80. The van der Waals surface area contributed by atoms with E-state index < -0.39 is 12.0 Å². The number of halogens is 1. The van der Waals surface area contributed by atoms with Gasteiger partial charge in [0.1, 0.15) is 17.6 Å². The fourth-order valence-electron chi connectivity index (χ4n) is 2.64. The van der Waals surface area contributed by atoms with E-state index in [4.69, 9.17) is 4.74 Å². The summed E-state index contributed by atoms with van der Waals surface area (Å²) in [7, 11) is 1.49. The summed E-state index contributed by atoms with van der Waals surface area (Å²) >= 11 is 0. The molecule has 2 atom stereocenters. The molecule has 20 heavy (non-hydrogen) atoms. The number of hydrogen-bond acceptors (Lipinski definition) is 3. The number of piperidine rings is 1. The third kappa shape index (κ3) is 3.28. The molecular weight excluding hydrogens is 261 g/mol. The average Bonchev–Trinajstić information content (AvgIpc) is 2.42. The summed E-state index contributed by atoms with van der Waals surface area (Å²) in [6, 6.07) is 4.16. The number of methoxy groups -OCH3 is 1. The van der Waals surface area contributed by atoms with Gasteiger partial charge in [-0.1, -0.05) is 13.0 Å². The Balaban J connectivity index is 2.13. The van der Waals surface area contributed by atoms with Gasteiger partial charge < -0.3 is 9.84 Å². The summed E-state index contributed by atoms with van der Waals surface area (Å²) in [5.41, 5.74) is 0.506. The molecule has 5 heteroatoms. The first kappa shape index (κ1) is 14.8. The highest BCUT2D eigenvalue weighted by molar-refractivity contribution is 5.73. The molecule has 1 fully saturated rings. The molecule has 4 nitrogen and oxygen atoms in total. The summed E-state index contributed by atoms with van der Waals surface area (Å²) in [6.07, 6.45) is 1.56. The monoisotopic (exact) mass is 281 g/mol. The number of hydrogen-bond donors (Lipinski definition) is 1. The minimum Gasteiger partial charge on any atom is -0.497 e. The summed E-state index contributed by atoms with van der Waals surface area (Å²) in [5.74, 6) is -0.320. The van der Waals surface area contributed by atoms with Gasteiger partial charge in [0.15, 0.2) is 0 Å². The van der Waals surface area contributed by atoms with Crippen molar-refractivity contribution in [1.29, 1.82) is 0 Å². The van der Waals surface area contributed by atoms with Gasteiger partial charge in [0.05, 0.1) is 7.11 Å². The summed E-state index contributed by atoms with van der Waals surface area (Å²) in [4.78, 5) is 13.2. The topological polar surface area (TPSA) is 49.8 Å². The van der Waals surface area contributed by atoms with E-state index >= 15 is 0 Å². The second-order valence-electron chi connectivity index (χ2n) is 5.41. The van der Waals surface area contributed by atoms with E-state index in [1.165, 1.54) is 13.2 Å². The normalized spacial score (nSPS) is 23.6. The van der Waals surface area contributed by atoms with Crippen molar-refractivity contribution in [3.63, 3.8) is 0 Å². The Labute approximate surface area is 118 Å². The zero-order valence-electron chi connectivity index (χ0n) is 11.8. The predicted molar refractivity (Wildman–Crippen MR) is 73.2 cm³/mol. The third-order valence-electron chi connectivity index (χ3n) is 3.89.